The molecule has 0 bridgehead atoms. The average molecular weight is 500 g/mol. The monoisotopic (exact) mass is 499 g/mol. The smallest absolute Gasteiger partial charge is 0.410 e. The number of rotatable bonds is 9. The maximum absolute atomic E-state index is 13.2. The zero-order valence-electron chi connectivity index (χ0n) is 22.8. The summed E-state index contributed by atoms with van der Waals surface area (Å²) in [5, 5.41) is 0. The first-order valence-corrected chi connectivity index (χ1v) is 14.1. The van der Waals surface area contributed by atoms with Gasteiger partial charge in [0.05, 0.1) is 12.6 Å². The molecule has 3 fully saturated rings. The lowest BCUT2D eigenvalue weighted by Crippen LogP contribution is -2.56. The fourth-order valence-corrected chi connectivity index (χ4v) is 6.53. The predicted octanol–water partition coefficient (Wildman–Crippen LogP) is 4.79. The van der Waals surface area contributed by atoms with Gasteiger partial charge in [0.2, 0.25) is 0 Å². The van der Waals surface area contributed by atoms with Crippen molar-refractivity contribution in [2.75, 3.05) is 45.9 Å². The lowest BCUT2D eigenvalue weighted by atomic mass is 9.81. The summed E-state index contributed by atoms with van der Waals surface area (Å²) in [4.78, 5) is 32.6. The summed E-state index contributed by atoms with van der Waals surface area (Å²) in [5.41, 5.74) is 2.62. The van der Waals surface area contributed by atoms with Gasteiger partial charge < -0.3 is 14.4 Å². The molecule has 1 aromatic carbocycles. The molecule has 3 aliphatic rings. The molecule has 1 unspecified atom stereocenters. The minimum Gasteiger partial charge on any atom is -0.440 e. The number of carbonyl (C=O) groups is 2. The Morgan fingerprint density at radius 1 is 1.08 bits per heavy atom. The second-order valence-electron chi connectivity index (χ2n) is 10.8. The lowest BCUT2D eigenvalue weighted by molar-refractivity contribution is -0.0386. The number of benzene rings is 1. The summed E-state index contributed by atoms with van der Waals surface area (Å²) in [6, 6.07) is 6.70. The van der Waals surface area contributed by atoms with Crippen molar-refractivity contribution >= 4 is 12.0 Å². The Kier molecular flexibility index (Phi) is 8.94. The van der Waals surface area contributed by atoms with Gasteiger partial charge in [-0.05, 0) is 51.2 Å². The SMILES string of the molecule is CCCCC1N(CCOCC)C(=O)OC12CCN(C1CCN(C(=O)c3c(C)cccc3C)CC1)CC2. The van der Waals surface area contributed by atoms with Gasteiger partial charge in [0, 0.05) is 63.8 Å². The Labute approximate surface area is 217 Å². The molecule has 0 radical (unpaired) electrons. The van der Waals surface area contributed by atoms with Crippen molar-refractivity contribution in [3.05, 3.63) is 34.9 Å². The molecule has 3 aliphatic heterocycles. The molecule has 0 aromatic heterocycles. The minimum atomic E-state index is -0.367. The van der Waals surface area contributed by atoms with E-state index in [2.05, 4.69) is 11.8 Å². The Morgan fingerprint density at radius 2 is 1.75 bits per heavy atom. The van der Waals surface area contributed by atoms with Crippen molar-refractivity contribution in [2.45, 2.75) is 90.3 Å². The number of ether oxygens (including phenoxy) is 2. The van der Waals surface area contributed by atoms with Crippen molar-refractivity contribution < 1.29 is 19.1 Å². The molecule has 36 heavy (non-hydrogen) atoms. The number of amides is 2. The van der Waals surface area contributed by atoms with Crippen LogP contribution in [0.4, 0.5) is 4.79 Å². The highest BCUT2D eigenvalue weighted by Crippen LogP contribution is 2.41. The largest absolute Gasteiger partial charge is 0.440 e. The first kappa shape index (κ1) is 26.9. The minimum absolute atomic E-state index is 0.143. The van der Waals surface area contributed by atoms with Gasteiger partial charge in [0.25, 0.3) is 5.91 Å². The molecular weight excluding hydrogens is 454 g/mol. The van der Waals surface area contributed by atoms with Crippen LogP contribution in [0.2, 0.25) is 0 Å². The van der Waals surface area contributed by atoms with Crippen LogP contribution in [-0.2, 0) is 9.47 Å². The molecule has 1 atom stereocenters. The zero-order chi connectivity index (χ0) is 25.7. The van der Waals surface area contributed by atoms with Gasteiger partial charge in [-0.15, -0.1) is 0 Å². The summed E-state index contributed by atoms with van der Waals surface area (Å²) in [6.45, 7) is 13.6. The predicted molar refractivity (Wildman–Crippen MR) is 141 cm³/mol. The maximum atomic E-state index is 13.2. The number of carbonyl (C=O) groups excluding carboxylic acids is 2. The average Bonchev–Trinajstić information content (AvgIpc) is 3.13. The van der Waals surface area contributed by atoms with Crippen LogP contribution in [0.15, 0.2) is 18.2 Å². The molecule has 1 spiro atoms. The molecule has 7 heteroatoms. The summed E-state index contributed by atoms with van der Waals surface area (Å²) >= 11 is 0. The molecule has 0 aliphatic carbocycles. The third-order valence-electron chi connectivity index (χ3n) is 8.63. The number of aryl methyl sites for hydroxylation is 2. The third-order valence-corrected chi connectivity index (χ3v) is 8.63. The van der Waals surface area contributed by atoms with Crippen molar-refractivity contribution in [2.24, 2.45) is 0 Å². The van der Waals surface area contributed by atoms with Crippen LogP contribution < -0.4 is 0 Å². The molecular formula is C29H45N3O4. The second kappa shape index (κ2) is 12.0. The van der Waals surface area contributed by atoms with Crippen molar-refractivity contribution in [3.8, 4) is 0 Å². The van der Waals surface area contributed by atoms with E-state index in [0.29, 0.717) is 25.8 Å². The highest BCUT2D eigenvalue weighted by molar-refractivity contribution is 5.97. The molecule has 0 N–H and O–H groups in total. The van der Waals surface area contributed by atoms with Crippen LogP contribution in [0, 0.1) is 13.8 Å². The van der Waals surface area contributed by atoms with Crippen LogP contribution in [0.25, 0.3) is 0 Å². The topological polar surface area (TPSA) is 62.3 Å². The van der Waals surface area contributed by atoms with Crippen molar-refractivity contribution in [1.82, 2.24) is 14.7 Å². The molecule has 200 valence electrons. The molecule has 1 aromatic rings. The normalized spacial score (nSPS) is 22.9. The Balaban J connectivity index is 1.33. The quantitative estimate of drug-likeness (QED) is 0.457. The first-order chi connectivity index (χ1) is 17.4. The van der Waals surface area contributed by atoms with E-state index in [4.69, 9.17) is 9.47 Å². The van der Waals surface area contributed by atoms with Gasteiger partial charge in [-0.25, -0.2) is 4.79 Å². The summed E-state index contributed by atoms with van der Waals surface area (Å²) in [7, 11) is 0. The summed E-state index contributed by atoms with van der Waals surface area (Å²) in [6.07, 6.45) is 6.83. The highest BCUT2D eigenvalue weighted by atomic mass is 16.6. The fourth-order valence-electron chi connectivity index (χ4n) is 6.53. The number of likely N-dealkylation sites (tertiary alicyclic amines) is 2. The van der Waals surface area contributed by atoms with E-state index >= 15 is 0 Å². The Hall–Kier alpha value is -2.12. The van der Waals surface area contributed by atoms with Gasteiger partial charge >= 0.3 is 6.09 Å². The van der Waals surface area contributed by atoms with Gasteiger partial charge in [-0.3, -0.25) is 14.6 Å². The van der Waals surface area contributed by atoms with E-state index in [1.54, 1.807) is 0 Å². The second-order valence-corrected chi connectivity index (χ2v) is 10.8. The van der Waals surface area contributed by atoms with Gasteiger partial charge in [0.15, 0.2) is 0 Å². The Bertz CT molecular complexity index is 884. The molecule has 0 saturated carbocycles. The number of unbranched alkanes of at least 4 members (excludes halogenated alkanes) is 1. The van der Waals surface area contributed by atoms with Gasteiger partial charge in [-0.2, -0.15) is 0 Å². The van der Waals surface area contributed by atoms with Crippen LogP contribution in [0.5, 0.6) is 0 Å². The summed E-state index contributed by atoms with van der Waals surface area (Å²) in [5.74, 6) is 0.172. The Morgan fingerprint density at radius 3 is 2.36 bits per heavy atom. The number of hydrogen-bond donors (Lipinski definition) is 0. The fraction of sp³-hybridized carbons (Fsp3) is 0.724. The van der Waals surface area contributed by atoms with E-state index in [1.165, 1.54) is 0 Å². The summed E-state index contributed by atoms with van der Waals surface area (Å²) < 4.78 is 11.7. The first-order valence-electron chi connectivity index (χ1n) is 14.1. The van der Waals surface area contributed by atoms with E-state index in [9.17, 15) is 9.59 Å². The standard InChI is InChI=1S/C29H45N3O4/c1-5-7-11-25-29(36-28(34)32(25)20-21-35-6-2)14-18-30(19-15-29)24-12-16-31(17-13-24)27(33)26-22(3)9-8-10-23(26)4/h8-10,24-25H,5-7,11-21H2,1-4H3. The van der Waals surface area contributed by atoms with E-state index in [1.807, 2.05) is 48.8 Å². The van der Waals surface area contributed by atoms with Crippen LogP contribution in [0.3, 0.4) is 0 Å². The van der Waals surface area contributed by atoms with Gasteiger partial charge in [0.1, 0.15) is 5.60 Å². The molecule has 4 rings (SSSR count). The molecule has 7 nitrogen and oxygen atoms in total. The number of hydrogen-bond acceptors (Lipinski definition) is 5. The zero-order valence-corrected chi connectivity index (χ0v) is 22.8. The van der Waals surface area contributed by atoms with Crippen LogP contribution >= 0.6 is 0 Å². The number of nitrogens with zero attached hydrogens (tertiary/aromatic N) is 3. The van der Waals surface area contributed by atoms with Crippen LogP contribution in [0.1, 0.15) is 80.3 Å². The van der Waals surface area contributed by atoms with Crippen molar-refractivity contribution in [1.29, 1.82) is 0 Å². The van der Waals surface area contributed by atoms with E-state index in [0.717, 1.165) is 87.8 Å². The van der Waals surface area contributed by atoms with E-state index in [-0.39, 0.29) is 23.6 Å². The van der Waals surface area contributed by atoms with E-state index < -0.39 is 0 Å². The van der Waals surface area contributed by atoms with Crippen LogP contribution in [-0.4, -0.2) is 90.3 Å². The number of piperidine rings is 2. The van der Waals surface area contributed by atoms with Gasteiger partial charge in [-0.1, -0.05) is 38.0 Å². The molecule has 3 heterocycles. The van der Waals surface area contributed by atoms with Crippen molar-refractivity contribution in [3.63, 3.8) is 0 Å². The molecule has 2 amide bonds. The lowest BCUT2D eigenvalue weighted by Gasteiger charge is -2.46. The maximum Gasteiger partial charge on any atom is 0.410 e. The third kappa shape index (κ3) is 5.57. The molecule has 3 saturated heterocycles. The highest BCUT2D eigenvalue weighted by Gasteiger charge is 2.54.